The average molecular weight is 413 g/mol. The van der Waals surface area contributed by atoms with Gasteiger partial charge in [0.2, 0.25) is 11.1 Å². The Morgan fingerprint density at radius 1 is 1.25 bits per heavy atom. The van der Waals surface area contributed by atoms with Gasteiger partial charge in [-0.05, 0) is 42.3 Å². The standard InChI is InChI=1S/C16H12ClF3N6O2/c1-8-6-12(16(18,19)20)24-25(8)10-4-2-9(3-5-10)7-11-13(26(27)28)14(21)23-15(17)22-11/h2-6H,7H2,1H3,(H2,21,22,23). The lowest BCUT2D eigenvalue weighted by Gasteiger charge is -2.08. The molecule has 8 nitrogen and oxygen atoms in total. The van der Waals surface area contributed by atoms with Gasteiger partial charge >= 0.3 is 11.9 Å². The summed E-state index contributed by atoms with van der Waals surface area (Å²) in [5.41, 5.74) is 5.49. The van der Waals surface area contributed by atoms with Crippen molar-refractivity contribution in [2.75, 3.05) is 5.73 Å². The summed E-state index contributed by atoms with van der Waals surface area (Å²) < 4.78 is 39.6. The molecule has 0 aliphatic rings. The second-order valence-electron chi connectivity index (χ2n) is 5.85. The van der Waals surface area contributed by atoms with Crippen molar-refractivity contribution in [1.82, 2.24) is 19.7 Å². The predicted octanol–water partition coefficient (Wildman–Crippen LogP) is 3.72. The number of hydrogen-bond donors (Lipinski definition) is 1. The molecular weight excluding hydrogens is 401 g/mol. The first kappa shape index (κ1) is 19.5. The van der Waals surface area contributed by atoms with E-state index in [4.69, 9.17) is 17.3 Å². The van der Waals surface area contributed by atoms with Crippen LogP contribution in [0.3, 0.4) is 0 Å². The Morgan fingerprint density at radius 3 is 2.43 bits per heavy atom. The third-order valence-corrected chi connectivity index (χ3v) is 4.04. The number of nitrogens with two attached hydrogens (primary N) is 1. The van der Waals surface area contributed by atoms with Crippen LogP contribution in [0.4, 0.5) is 24.7 Å². The number of aromatic nitrogens is 4. The first-order chi connectivity index (χ1) is 13.1. The Labute approximate surface area is 160 Å². The van der Waals surface area contributed by atoms with Gasteiger partial charge in [-0.15, -0.1) is 0 Å². The highest BCUT2D eigenvalue weighted by Gasteiger charge is 2.34. The number of anilines is 1. The number of hydrogen-bond acceptors (Lipinski definition) is 6. The highest BCUT2D eigenvalue weighted by molar-refractivity contribution is 6.28. The SMILES string of the molecule is Cc1cc(C(F)(F)F)nn1-c1ccc(Cc2nc(Cl)nc(N)c2[N+](=O)[O-])cc1. The van der Waals surface area contributed by atoms with Crippen molar-refractivity contribution >= 4 is 23.1 Å². The summed E-state index contributed by atoms with van der Waals surface area (Å²) in [6, 6.07) is 7.24. The summed E-state index contributed by atoms with van der Waals surface area (Å²) in [4.78, 5) is 17.9. The lowest BCUT2D eigenvalue weighted by atomic mass is 10.1. The Morgan fingerprint density at radius 2 is 1.89 bits per heavy atom. The van der Waals surface area contributed by atoms with Crippen LogP contribution in [0, 0.1) is 17.0 Å². The number of benzene rings is 1. The van der Waals surface area contributed by atoms with Crippen molar-refractivity contribution in [3.63, 3.8) is 0 Å². The summed E-state index contributed by atoms with van der Waals surface area (Å²) in [5.74, 6) is -0.344. The first-order valence-corrected chi connectivity index (χ1v) is 8.13. The number of aryl methyl sites for hydroxylation is 1. The minimum atomic E-state index is -4.54. The van der Waals surface area contributed by atoms with E-state index >= 15 is 0 Å². The zero-order chi connectivity index (χ0) is 20.6. The highest BCUT2D eigenvalue weighted by atomic mass is 35.5. The molecule has 0 unspecified atom stereocenters. The number of nitro groups is 1. The van der Waals surface area contributed by atoms with E-state index < -0.39 is 22.5 Å². The average Bonchev–Trinajstić information content (AvgIpc) is 2.96. The van der Waals surface area contributed by atoms with E-state index in [0.717, 1.165) is 10.7 Å². The van der Waals surface area contributed by atoms with Crippen molar-refractivity contribution in [1.29, 1.82) is 0 Å². The molecule has 0 saturated carbocycles. The second-order valence-corrected chi connectivity index (χ2v) is 6.19. The molecular formula is C16H12ClF3N6O2. The lowest BCUT2D eigenvalue weighted by Crippen LogP contribution is -2.08. The quantitative estimate of drug-likeness (QED) is 0.397. The molecule has 28 heavy (non-hydrogen) atoms. The first-order valence-electron chi connectivity index (χ1n) is 7.75. The maximum atomic E-state index is 12.8. The molecule has 3 rings (SSSR count). The molecule has 0 spiro atoms. The largest absolute Gasteiger partial charge is 0.435 e. The normalized spacial score (nSPS) is 11.6. The van der Waals surface area contributed by atoms with Gasteiger partial charge in [0.1, 0.15) is 5.69 Å². The zero-order valence-corrected chi connectivity index (χ0v) is 15.0. The summed E-state index contributed by atoms with van der Waals surface area (Å²) >= 11 is 5.73. The minimum absolute atomic E-state index is 0.0323. The Kier molecular flexibility index (Phi) is 4.94. The number of nitrogens with zero attached hydrogens (tertiary/aromatic N) is 5. The van der Waals surface area contributed by atoms with E-state index in [1.54, 1.807) is 24.3 Å². The molecule has 0 amide bonds. The van der Waals surface area contributed by atoms with Crippen molar-refractivity contribution in [2.45, 2.75) is 19.5 Å². The van der Waals surface area contributed by atoms with Crippen LogP contribution in [0.2, 0.25) is 5.28 Å². The number of alkyl halides is 3. The van der Waals surface area contributed by atoms with Crippen molar-refractivity contribution in [3.05, 3.63) is 68.4 Å². The van der Waals surface area contributed by atoms with Gasteiger partial charge in [0.05, 0.1) is 10.6 Å². The van der Waals surface area contributed by atoms with E-state index in [1.807, 2.05) is 0 Å². The van der Waals surface area contributed by atoms with Crippen LogP contribution in [-0.4, -0.2) is 24.7 Å². The van der Waals surface area contributed by atoms with E-state index in [0.29, 0.717) is 16.9 Å². The second kappa shape index (κ2) is 7.08. The summed E-state index contributed by atoms with van der Waals surface area (Å²) in [6.45, 7) is 1.51. The van der Waals surface area contributed by atoms with Crippen LogP contribution in [-0.2, 0) is 12.6 Å². The molecule has 0 atom stereocenters. The predicted molar refractivity (Wildman–Crippen MR) is 94.2 cm³/mol. The van der Waals surface area contributed by atoms with Crippen molar-refractivity contribution in [2.24, 2.45) is 0 Å². The van der Waals surface area contributed by atoms with E-state index in [-0.39, 0.29) is 23.2 Å². The van der Waals surface area contributed by atoms with E-state index in [2.05, 4.69) is 15.1 Å². The van der Waals surface area contributed by atoms with Gasteiger partial charge in [-0.1, -0.05) is 12.1 Å². The van der Waals surface area contributed by atoms with Gasteiger partial charge in [-0.25, -0.2) is 9.67 Å². The molecule has 0 aliphatic carbocycles. The number of halogens is 4. The Balaban J connectivity index is 1.91. The van der Waals surface area contributed by atoms with Crippen LogP contribution >= 0.6 is 11.6 Å². The molecule has 2 aromatic heterocycles. The van der Waals surface area contributed by atoms with Crippen LogP contribution in [0.5, 0.6) is 0 Å². The van der Waals surface area contributed by atoms with Gasteiger partial charge < -0.3 is 5.73 Å². The fourth-order valence-electron chi connectivity index (χ4n) is 2.63. The molecule has 0 fully saturated rings. The molecule has 2 heterocycles. The smallest absolute Gasteiger partial charge is 0.378 e. The molecule has 0 radical (unpaired) electrons. The van der Waals surface area contributed by atoms with Crippen LogP contribution in [0.1, 0.15) is 22.6 Å². The van der Waals surface area contributed by atoms with Crippen LogP contribution in [0.15, 0.2) is 30.3 Å². The zero-order valence-electron chi connectivity index (χ0n) is 14.2. The van der Waals surface area contributed by atoms with Gasteiger partial charge in [0.25, 0.3) is 0 Å². The van der Waals surface area contributed by atoms with Gasteiger partial charge in [0.15, 0.2) is 5.69 Å². The maximum absolute atomic E-state index is 12.8. The fourth-order valence-corrected chi connectivity index (χ4v) is 2.83. The molecule has 0 aliphatic heterocycles. The van der Waals surface area contributed by atoms with Crippen LogP contribution < -0.4 is 5.73 Å². The minimum Gasteiger partial charge on any atom is -0.378 e. The van der Waals surface area contributed by atoms with Gasteiger partial charge in [-0.3, -0.25) is 10.1 Å². The highest BCUT2D eigenvalue weighted by Crippen LogP contribution is 2.30. The monoisotopic (exact) mass is 412 g/mol. The van der Waals surface area contributed by atoms with E-state index in [9.17, 15) is 23.3 Å². The molecule has 2 N–H and O–H groups in total. The molecule has 1 aromatic carbocycles. The number of nitrogen functional groups attached to an aromatic ring is 1. The van der Waals surface area contributed by atoms with Gasteiger partial charge in [0, 0.05) is 12.1 Å². The summed E-state index contributed by atoms with van der Waals surface area (Å²) in [7, 11) is 0. The lowest BCUT2D eigenvalue weighted by molar-refractivity contribution is -0.385. The molecule has 0 bridgehead atoms. The third kappa shape index (κ3) is 3.88. The third-order valence-electron chi connectivity index (χ3n) is 3.87. The molecule has 12 heteroatoms. The molecule has 146 valence electrons. The van der Waals surface area contributed by atoms with Crippen molar-refractivity contribution in [3.8, 4) is 5.69 Å². The summed E-state index contributed by atoms with van der Waals surface area (Å²) in [6.07, 6.45) is -4.50. The molecule has 3 aromatic rings. The maximum Gasteiger partial charge on any atom is 0.435 e. The van der Waals surface area contributed by atoms with Crippen LogP contribution in [0.25, 0.3) is 5.69 Å². The van der Waals surface area contributed by atoms with Crippen molar-refractivity contribution < 1.29 is 18.1 Å². The van der Waals surface area contributed by atoms with E-state index in [1.165, 1.54) is 6.92 Å². The Hall–Kier alpha value is -3.21. The fraction of sp³-hybridized carbons (Fsp3) is 0.188. The number of rotatable bonds is 4. The molecule has 0 saturated heterocycles. The Bertz CT molecular complexity index is 1050. The van der Waals surface area contributed by atoms with Gasteiger partial charge in [-0.2, -0.15) is 23.3 Å². The topological polar surface area (TPSA) is 113 Å². The summed E-state index contributed by atoms with van der Waals surface area (Å²) in [5, 5.41) is 14.6.